The Labute approximate surface area is 162 Å². The summed E-state index contributed by atoms with van der Waals surface area (Å²) in [6.45, 7) is -0.0273. The molecule has 2 heterocycles. The minimum Gasteiger partial charge on any atom is -0.497 e. The van der Waals surface area contributed by atoms with Crippen LogP contribution < -0.4 is 14.4 Å². The number of carbonyl (C=O) groups is 4. The fraction of sp³-hybridized carbons (Fsp3) is 0.474. The van der Waals surface area contributed by atoms with Gasteiger partial charge in [-0.25, -0.2) is 0 Å². The fourth-order valence-corrected chi connectivity index (χ4v) is 3.35. The number of hydrogen-bond donors (Lipinski definition) is 0. The zero-order valence-electron chi connectivity index (χ0n) is 15.8. The molecule has 0 radical (unpaired) electrons. The van der Waals surface area contributed by atoms with E-state index in [1.54, 1.807) is 18.2 Å². The molecule has 0 N–H and O–H groups in total. The van der Waals surface area contributed by atoms with E-state index in [0.29, 0.717) is 36.6 Å². The first-order valence-corrected chi connectivity index (χ1v) is 8.96. The van der Waals surface area contributed by atoms with Crippen LogP contribution in [0.2, 0.25) is 0 Å². The lowest BCUT2D eigenvalue weighted by Crippen LogP contribution is -2.36. The molecule has 0 aliphatic carbocycles. The van der Waals surface area contributed by atoms with E-state index in [0.717, 1.165) is 4.90 Å². The first kappa shape index (κ1) is 19.7. The van der Waals surface area contributed by atoms with E-state index in [1.807, 2.05) is 0 Å². The van der Waals surface area contributed by atoms with Crippen molar-refractivity contribution in [2.45, 2.75) is 19.3 Å². The van der Waals surface area contributed by atoms with Gasteiger partial charge in [-0.1, -0.05) is 0 Å². The first-order valence-electron chi connectivity index (χ1n) is 8.96. The van der Waals surface area contributed by atoms with E-state index in [-0.39, 0.29) is 24.8 Å². The van der Waals surface area contributed by atoms with Gasteiger partial charge < -0.3 is 19.1 Å². The minimum atomic E-state index is -0.693. The Morgan fingerprint density at radius 2 is 1.93 bits per heavy atom. The summed E-state index contributed by atoms with van der Waals surface area (Å²) in [5, 5.41) is 0. The van der Waals surface area contributed by atoms with Crippen LogP contribution in [0.5, 0.6) is 11.5 Å². The lowest BCUT2D eigenvalue weighted by atomic mass is 10.1. The number of anilines is 1. The van der Waals surface area contributed by atoms with Gasteiger partial charge in [0.15, 0.2) is 6.61 Å². The predicted octanol–water partition coefficient (Wildman–Crippen LogP) is 0.749. The highest BCUT2D eigenvalue weighted by Gasteiger charge is 2.38. The van der Waals surface area contributed by atoms with Crippen LogP contribution >= 0.6 is 0 Å². The van der Waals surface area contributed by atoms with E-state index in [4.69, 9.17) is 14.2 Å². The van der Waals surface area contributed by atoms with Crippen molar-refractivity contribution in [1.82, 2.24) is 4.90 Å². The number of imide groups is 1. The van der Waals surface area contributed by atoms with Crippen LogP contribution in [0.4, 0.5) is 5.69 Å². The molecule has 0 aromatic heterocycles. The zero-order valence-corrected chi connectivity index (χ0v) is 15.8. The smallest absolute Gasteiger partial charge is 0.311 e. The van der Waals surface area contributed by atoms with E-state index in [1.165, 1.54) is 19.1 Å². The predicted molar refractivity (Wildman–Crippen MR) is 96.9 cm³/mol. The summed E-state index contributed by atoms with van der Waals surface area (Å²) in [5.41, 5.74) is 0.530. The maximum atomic E-state index is 12.4. The van der Waals surface area contributed by atoms with Crippen LogP contribution in [0.3, 0.4) is 0 Å². The summed E-state index contributed by atoms with van der Waals surface area (Å²) in [6, 6.07) is 5.04. The highest BCUT2D eigenvalue weighted by Crippen LogP contribution is 2.36. The van der Waals surface area contributed by atoms with Gasteiger partial charge >= 0.3 is 5.97 Å². The molecular formula is C19H22N2O7. The fourth-order valence-electron chi connectivity index (χ4n) is 3.35. The molecule has 150 valence electrons. The van der Waals surface area contributed by atoms with Crippen LogP contribution in [0.25, 0.3) is 0 Å². The highest BCUT2D eigenvalue weighted by molar-refractivity contribution is 6.01. The highest BCUT2D eigenvalue weighted by atomic mass is 16.5. The van der Waals surface area contributed by atoms with Crippen LogP contribution in [-0.4, -0.2) is 62.5 Å². The third-order valence-electron chi connectivity index (χ3n) is 4.85. The number of rotatable bonds is 6. The standard InChI is InChI=1S/C19H22N2O7/c1-26-13-5-6-14(15(9-13)27-2)21-10-12(8-17(21)23)19(25)28-11-18(24)20-7-3-4-16(20)22/h5-6,9,12H,3-4,7-8,10-11H2,1-2H3/t12-/m0/s1. The largest absolute Gasteiger partial charge is 0.497 e. The van der Waals surface area contributed by atoms with Crippen molar-refractivity contribution in [3.8, 4) is 11.5 Å². The number of carbonyl (C=O) groups excluding carboxylic acids is 4. The molecule has 2 saturated heterocycles. The van der Waals surface area contributed by atoms with E-state index in [2.05, 4.69) is 0 Å². The molecule has 3 amide bonds. The van der Waals surface area contributed by atoms with Crippen LogP contribution in [0, 0.1) is 5.92 Å². The van der Waals surface area contributed by atoms with Crippen LogP contribution in [0.1, 0.15) is 19.3 Å². The molecule has 1 aromatic carbocycles. The van der Waals surface area contributed by atoms with Crippen molar-refractivity contribution in [2.75, 3.05) is 38.8 Å². The van der Waals surface area contributed by atoms with Crippen LogP contribution in [-0.2, 0) is 23.9 Å². The van der Waals surface area contributed by atoms with Crippen molar-refractivity contribution in [1.29, 1.82) is 0 Å². The van der Waals surface area contributed by atoms with Gasteiger partial charge in [0.05, 0.1) is 25.8 Å². The molecule has 0 saturated carbocycles. The van der Waals surface area contributed by atoms with Crippen molar-refractivity contribution in [3.05, 3.63) is 18.2 Å². The molecule has 0 unspecified atom stereocenters. The van der Waals surface area contributed by atoms with Gasteiger partial charge in [-0.15, -0.1) is 0 Å². The number of nitrogens with zero attached hydrogens (tertiary/aromatic N) is 2. The Bertz CT molecular complexity index is 807. The topological polar surface area (TPSA) is 102 Å². The van der Waals surface area contributed by atoms with Gasteiger partial charge in [0.2, 0.25) is 11.8 Å². The molecule has 3 rings (SSSR count). The summed E-state index contributed by atoms with van der Waals surface area (Å²) in [6.07, 6.45) is 0.925. The molecule has 2 fully saturated rings. The van der Waals surface area contributed by atoms with Crippen LogP contribution in [0.15, 0.2) is 18.2 Å². The number of esters is 1. The van der Waals surface area contributed by atoms with Gasteiger partial charge in [-0.05, 0) is 18.6 Å². The molecule has 2 aliphatic rings. The number of amides is 3. The lowest BCUT2D eigenvalue weighted by molar-refractivity contribution is -0.157. The minimum absolute atomic E-state index is 0.0230. The second-order valence-electron chi connectivity index (χ2n) is 6.59. The number of hydrogen-bond acceptors (Lipinski definition) is 7. The maximum absolute atomic E-state index is 12.4. The molecule has 2 aliphatic heterocycles. The lowest BCUT2D eigenvalue weighted by Gasteiger charge is -2.20. The molecule has 28 heavy (non-hydrogen) atoms. The maximum Gasteiger partial charge on any atom is 0.311 e. The van der Waals surface area contributed by atoms with E-state index in [9.17, 15) is 19.2 Å². The van der Waals surface area contributed by atoms with Crippen molar-refractivity contribution in [2.24, 2.45) is 5.92 Å². The van der Waals surface area contributed by atoms with E-state index >= 15 is 0 Å². The average molecular weight is 390 g/mol. The summed E-state index contributed by atoms with van der Waals surface area (Å²) in [5.74, 6) is -1.33. The third kappa shape index (κ3) is 3.92. The van der Waals surface area contributed by atoms with Gasteiger partial charge in [-0.3, -0.25) is 24.1 Å². The zero-order chi connectivity index (χ0) is 20.3. The SMILES string of the molecule is COc1ccc(N2C[C@@H](C(=O)OCC(=O)N3CCCC3=O)CC2=O)c(OC)c1. The quantitative estimate of drug-likeness (QED) is 0.661. The summed E-state index contributed by atoms with van der Waals surface area (Å²) in [7, 11) is 3.01. The Kier molecular flexibility index (Phi) is 5.81. The molecule has 1 atom stereocenters. The number of likely N-dealkylation sites (tertiary alicyclic amines) is 1. The number of ether oxygens (including phenoxy) is 3. The van der Waals surface area contributed by atoms with Gasteiger partial charge in [0, 0.05) is 32.0 Å². The van der Waals surface area contributed by atoms with Gasteiger partial charge in [-0.2, -0.15) is 0 Å². The first-order chi connectivity index (χ1) is 13.4. The summed E-state index contributed by atoms with van der Waals surface area (Å²) >= 11 is 0. The number of benzene rings is 1. The van der Waals surface area contributed by atoms with Crippen molar-refractivity contribution in [3.63, 3.8) is 0 Å². The molecule has 9 nitrogen and oxygen atoms in total. The van der Waals surface area contributed by atoms with Gasteiger partial charge in [0.1, 0.15) is 11.5 Å². The Morgan fingerprint density at radius 1 is 1.14 bits per heavy atom. The van der Waals surface area contributed by atoms with Gasteiger partial charge in [0.25, 0.3) is 5.91 Å². The summed E-state index contributed by atoms with van der Waals surface area (Å²) in [4.78, 5) is 50.8. The van der Waals surface area contributed by atoms with E-state index < -0.39 is 24.4 Å². The summed E-state index contributed by atoms with van der Waals surface area (Å²) < 4.78 is 15.5. The van der Waals surface area contributed by atoms with Crippen molar-refractivity contribution >= 4 is 29.4 Å². The Hall–Kier alpha value is -3.10. The molecule has 9 heteroatoms. The second kappa shape index (κ2) is 8.28. The number of methoxy groups -OCH3 is 2. The monoisotopic (exact) mass is 390 g/mol. The second-order valence-corrected chi connectivity index (χ2v) is 6.59. The molecular weight excluding hydrogens is 368 g/mol. The molecule has 1 aromatic rings. The molecule has 0 bridgehead atoms. The normalized spacial score (nSPS) is 19.1. The Morgan fingerprint density at radius 3 is 2.57 bits per heavy atom. The third-order valence-corrected chi connectivity index (χ3v) is 4.85. The average Bonchev–Trinajstić information content (AvgIpc) is 3.30. The molecule has 0 spiro atoms. The van der Waals surface area contributed by atoms with Crippen molar-refractivity contribution < 1.29 is 33.4 Å². The Balaban J connectivity index is 1.61.